The van der Waals surface area contributed by atoms with Crippen LogP contribution in [0.3, 0.4) is 0 Å². The van der Waals surface area contributed by atoms with E-state index in [0.29, 0.717) is 20.5 Å². The summed E-state index contributed by atoms with van der Waals surface area (Å²) in [4.78, 5) is 25.0. The van der Waals surface area contributed by atoms with Gasteiger partial charge < -0.3 is 9.84 Å². The van der Waals surface area contributed by atoms with E-state index in [1.54, 1.807) is 12.1 Å². The number of nitrogens with zero attached hydrogens (tertiary/aromatic N) is 1. The lowest BCUT2D eigenvalue weighted by atomic mass is 10.1. The minimum Gasteiger partial charge on any atom is -0.507 e. The number of ketones is 1. The van der Waals surface area contributed by atoms with Crippen LogP contribution in [-0.2, 0) is 9.59 Å². The normalized spacial score (nSPS) is 16.7. The van der Waals surface area contributed by atoms with Gasteiger partial charge in [0.1, 0.15) is 21.6 Å². The molecule has 1 heterocycles. The lowest BCUT2D eigenvalue weighted by molar-refractivity contribution is -0.126. The standard InChI is InChI=1S/C14H13NO4S2/c1-8(16)7-15-13(18)12(21-14(15)20)6-9-5-10(19-2)3-4-11(9)17/h3-6,17H,7H2,1-2H3/b12-6-. The van der Waals surface area contributed by atoms with Crippen molar-refractivity contribution in [2.45, 2.75) is 6.92 Å². The van der Waals surface area contributed by atoms with Crippen molar-refractivity contribution in [3.05, 3.63) is 28.7 Å². The number of amides is 1. The van der Waals surface area contributed by atoms with Crippen LogP contribution in [-0.4, -0.2) is 39.7 Å². The molecule has 1 saturated heterocycles. The number of ether oxygens (including phenoxy) is 1. The van der Waals surface area contributed by atoms with Crippen molar-refractivity contribution >= 4 is 46.1 Å². The minimum atomic E-state index is -0.331. The summed E-state index contributed by atoms with van der Waals surface area (Å²) in [5.74, 6) is 0.130. The van der Waals surface area contributed by atoms with Gasteiger partial charge in [-0.3, -0.25) is 14.5 Å². The van der Waals surface area contributed by atoms with Gasteiger partial charge in [0.15, 0.2) is 0 Å². The fourth-order valence-electron chi connectivity index (χ4n) is 1.78. The summed E-state index contributed by atoms with van der Waals surface area (Å²) < 4.78 is 5.42. The molecule has 7 heteroatoms. The molecule has 5 nitrogen and oxygen atoms in total. The van der Waals surface area contributed by atoms with Crippen molar-refractivity contribution < 1.29 is 19.4 Å². The number of carbonyl (C=O) groups is 2. The first-order valence-electron chi connectivity index (χ1n) is 6.04. The fraction of sp³-hybridized carbons (Fsp3) is 0.214. The van der Waals surface area contributed by atoms with E-state index in [9.17, 15) is 14.7 Å². The zero-order valence-electron chi connectivity index (χ0n) is 11.5. The van der Waals surface area contributed by atoms with E-state index in [4.69, 9.17) is 17.0 Å². The number of methoxy groups -OCH3 is 1. The number of phenolic OH excluding ortho intramolecular Hbond substituents is 1. The maximum atomic E-state index is 12.2. The lowest BCUT2D eigenvalue weighted by Gasteiger charge is -2.11. The zero-order valence-corrected chi connectivity index (χ0v) is 13.1. The minimum absolute atomic E-state index is 0.0348. The first-order chi connectivity index (χ1) is 9.92. The summed E-state index contributed by atoms with van der Waals surface area (Å²) in [6.07, 6.45) is 1.54. The topological polar surface area (TPSA) is 66.8 Å². The molecule has 21 heavy (non-hydrogen) atoms. The van der Waals surface area contributed by atoms with Crippen LogP contribution < -0.4 is 4.74 Å². The second-order valence-electron chi connectivity index (χ2n) is 4.39. The van der Waals surface area contributed by atoms with Gasteiger partial charge in [-0.25, -0.2) is 0 Å². The molecule has 0 aromatic heterocycles. The molecular weight excluding hydrogens is 310 g/mol. The number of rotatable bonds is 4. The van der Waals surface area contributed by atoms with E-state index in [-0.39, 0.29) is 24.0 Å². The van der Waals surface area contributed by atoms with Crippen LogP contribution in [0.1, 0.15) is 12.5 Å². The molecule has 0 atom stereocenters. The highest BCUT2D eigenvalue weighted by Gasteiger charge is 2.32. The van der Waals surface area contributed by atoms with Gasteiger partial charge in [0, 0.05) is 5.56 Å². The average molecular weight is 323 g/mol. The largest absolute Gasteiger partial charge is 0.507 e. The highest BCUT2D eigenvalue weighted by molar-refractivity contribution is 8.26. The monoisotopic (exact) mass is 323 g/mol. The van der Waals surface area contributed by atoms with Crippen LogP contribution in [0.15, 0.2) is 23.1 Å². The molecule has 0 saturated carbocycles. The lowest BCUT2D eigenvalue weighted by Crippen LogP contribution is -2.32. The van der Waals surface area contributed by atoms with Crippen molar-refractivity contribution in [1.82, 2.24) is 4.90 Å². The molecule has 0 radical (unpaired) electrons. The Morgan fingerprint density at radius 3 is 2.86 bits per heavy atom. The summed E-state index contributed by atoms with van der Waals surface area (Å²) in [6, 6.07) is 4.72. The van der Waals surface area contributed by atoms with Crippen molar-refractivity contribution in [3.8, 4) is 11.5 Å². The molecule has 0 unspecified atom stereocenters. The van der Waals surface area contributed by atoms with Gasteiger partial charge in [0.2, 0.25) is 0 Å². The molecule has 0 bridgehead atoms. The van der Waals surface area contributed by atoms with Gasteiger partial charge in [0.05, 0.1) is 18.6 Å². The third-order valence-electron chi connectivity index (χ3n) is 2.78. The Hall–Kier alpha value is -1.86. The summed E-state index contributed by atoms with van der Waals surface area (Å²) in [5.41, 5.74) is 0.456. The molecule has 1 aliphatic rings. The highest BCUT2D eigenvalue weighted by atomic mass is 32.2. The van der Waals surface area contributed by atoms with Gasteiger partial charge in [0.25, 0.3) is 5.91 Å². The number of thioether (sulfide) groups is 1. The number of Topliss-reactive ketones (excluding diaryl/α,β-unsaturated/α-hetero) is 1. The SMILES string of the molecule is COc1ccc(O)c(/C=C2\SC(=S)N(CC(C)=O)C2=O)c1. The molecule has 1 aromatic rings. The predicted molar refractivity (Wildman–Crippen MR) is 85.2 cm³/mol. The van der Waals surface area contributed by atoms with E-state index in [0.717, 1.165) is 11.8 Å². The Morgan fingerprint density at radius 2 is 2.24 bits per heavy atom. The van der Waals surface area contributed by atoms with Crippen molar-refractivity contribution in [1.29, 1.82) is 0 Å². The molecule has 1 aromatic carbocycles. The first kappa shape index (κ1) is 15.5. The Bertz CT molecular complexity index is 654. The molecule has 0 aliphatic carbocycles. The van der Waals surface area contributed by atoms with Gasteiger partial charge in [-0.05, 0) is 31.2 Å². The molecule has 110 valence electrons. The molecule has 1 aliphatic heterocycles. The van der Waals surface area contributed by atoms with Crippen LogP contribution in [0.25, 0.3) is 6.08 Å². The Labute approximate surface area is 131 Å². The van der Waals surface area contributed by atoms with Gasteiger partial charge >= 0.3 is 0 Å². The number of phenols is 1. The molecule has 1 amide bonds. The van der Waals surface area contributed by atoms with E-state index in [1.165, 1.54) is 31.1 Å². The van der Waals surface area contributed by atoms with Crippen molar-refractivity contribution in [3.63, 3.8) is 0 Å². The maximum absolute atomic E-state index is 12.2. The quantitative estimate of drug-likeness (QED) is 0.677. The molecular formula is C14H13NO4S2. The Morgan fingerprint density at radius 1 is 1.52 bits per heavy atom. The zero-order chi connectivity index (χ0) is 15.6. The summed E-state index contributed by atoms with van der Waals surface area (Å²) in [7, 11) is 1.52. The fourth-order valence-corrected chi connectivity index (χ4v) is 3.02. The van der Waals surface area contributed by atoms with Gasteiger partial charge in [-0.15, -0.1) is 0 Å². The third-order valence-corrected chi connectivity index (χ3v) is 4.15. The predicted octanol–water partition coefficient (Wildman–Crippen LogP) is 2.19. The van der Waals surface area contributed by atoms with Crippen LogP contribution in [0.5, 0.6) is 11.5 Å². The Balaban J connectivity index is 2.32. The molecule has 1 N–H and O–H groups in total. The smallest absolute Gasteiger partial charge is 0.266 e. The number of carbonyl (C=O) groups excluding carboxylic acids is 2. The second kappa shape index (κ2) is 6.28. The summed E-state index contributed by atoms with van der Waals surface area (Å²) >= 11 is 6.20. The van der Waals surface area contributed by atoms with Gasteiger partial charge in [-0.2, -0.15) is 0 Å². The molecule has 2 rings (SSSR count). The van der Waals surface area contributed by atoms with E-state index >= 15 is 0 Å². The van der Waals surface area contributed by atoms with Gasteiger partial charge in [-0.1, -0.05) is 24.0 Å². The van der Waals surface area contributed by atoms with Crippen LogP contribution >= 0.6 is 24.0 Å². The van der Waals surface area contributed by atoms with E-state index in [1.807, 2.05) is 0 Å². The van der Waals surface area contributed by atoms with Crippen LogP contribution in [0, 0.1) is 0 Å². The Kier molecular flexibility index (Phi) is 4.64. The van der Waals surface area contributed by atoms with Crippen molar-refractivity contribution in [2.24, 2.45) is 0 Å². The highest BCUT2D eigenvalue weighted by Crippen LogP contribution is 2.34. The van der Waals surface area contributed by atoms with Crippen molar-refractivity contribution in [2.75, 3.05) is 13.7 Å². The number of aromatic hydroxyl groups is 1. The number of thiocarbonyl (C=S) groups is 1. The number of hydrogen-bond donors (Lipinski definition) is 1. The maximum Gasteiger partial charge on any atom is 0.266 e. The second-order valence-corrected chi connectivity index (χ2v) is 6.07. The number of hydrogen-bond acceptors (Lipinski definition) is 6. The average Bonchev–Trinajstić information content (AvgIpc) is 2.68. The van der Waals surface area contributed by atoms with E-state index in [2.05, 4.69) is 0 Å². The molecule has 0 spiro atoms. The van der Waals surface area contributed by atoms with E-state index < -0.39 is 0 Å². The first-order valence-corrected chi connectivity index (χ1v) is 7.26. The summed E-state index contributed by atoms with van der Waals surface area (Å²) in [6.45, 7) is 1.36. The van der Waals surface area contributed by atoms with Crippen LogP contribution in [0.4, 0.5) is 0 Å². The summed E-state index contributed by atoms with van der Waals surface area (Å²) in [5, 5.41) is 9.83. The van der Waals surface area contributed by atoms with Crippen LogP contribution in [0.2, 0.25) is 0 Å². The molecule has 1 fully saturated rings. The third kappa shape index (κ3) is 3.43. The number of benzene rings is 1.